The molecule has 0 saturated carbocycles. The maximum atomic E-state index is 12.2. The SMILES string of the molecule is CC(=O)SCC1CC(=O)N(c2cccc(NC(=O)OC(C)(C)C)n2)C1. The average molecular weight is 365 g/mol. The Bertz CT molecular complexity index is 672. The molecule has 0 spiro atoms. The first-order valence-corrected chi connectivity index (χ1v) is 9.03. The zero-order valence-corrected chi connectivity index (χ0v) is 15.7. The van der Waals surface area contributed by atoms with Gasteiger partial charge in [0, 0.05) is 25.6 Å². The molecule has 25 heavy (non-hydrogen) atoms. The standard InChI is InChI=1S/C17H23N3O4S/c1-11(21)25-10-12-8-15(22)20(9-12)14-7-5-6-13(18-14)19-16(23)24-17(2,3)4/h5-7,12H,8-10H2,1-4H3,(H,18,19,23). The first kappa shape index (κ1) is 19.2. The molecule has 2 rings (SSSR count). The van der Waals surface area contributed by atoms with Crippen molar-refractivity contribution in [3.05, 3.63) is 18.2 Å². The van der Waals surface area contributed by atoms with E-state index < -0.39 is 11.7 Å². The Morgan fingerprint density at radius 3 is 2.76 bits per heavy atom. The Hall–Kier alpha value is -2.09. The van der Waals surface area contributed by atoms with Gasteiger partial charge in [0.15, 0.2) is 5.12 Å². The molecule has 0 bridgehead atoms. The highest BCUT2D eigenvalue weighted by molar-refractivity contribution is 8.13. The summed E-state index contributed by atoms with van der Waals surface area (Å²) in [6.45, 7) is 7.37. The van der Waals surface area contributed by atoms with E-state index in [0.29, 0.717) is 30.4 Å². The van der Waals surface area contributed by atoms with Gasteiger partial charge in [0.2, 0.25) is 5.91 Å². The minimum absolute atomic E-state index is 0.0314. The number of rotatable bonds is 4. The van der Waals surface area contributed by atoms with Gasteiger partial charge in [-0.15, -0.1) is 0 Å². The van der Waals surface area contributed by atoms with Crippen LogP contribution in [0, 0.1) is 5.92 Å². The molecular formula is C17H23N3O4S. The zero-order valence-electron chi connectivity index (χ0n) is 14.9. The van der Waals surface area contributed by atoms with E-state index in [1.165, 1.54) is 18.7 Å². The molecule has 1 aliphatic rings. The van der Waals surface area contributed by atoms with Crippen LogP contribution in [0.2, 0.25) is 0 Å². The van der Waals surface area contributed by atoms with Crippen LogP contribution < -0.4 is 10.2 Å². The smallest absolute Gasteiger partial charge is 0.413 e. The molecule has 1 aromatic heterocycles. The second kappa shape index (κ2) is 7.86. The fourth-order valence-electron chi connectivity index (χ4n) is 2.40. The predicted octanol–water partition coefficient (Wildman–Crippen LogP) is 3.06. The number of carbonyl (C=O) groups is 3. The maximum Gasteiger partial charge on any atom is 0.413 e. The van der Waals surface area contributed by atoms with Crippen molar-refractivity contribution < 1.29 is 19.1 Å². The molecule has 2 heterocycles. The van der Waals surface area contributed by atoms with Crippen LogP contribution in [0.25, 0.3) is 0 Å². The summed E-state index contributed by atoms with van der Waals surface area (Å²) in [4.78, 5) is 41.1. The summed E-state index contributed by atoms with van der Waals surface area (Å²) < 4.78 is 5.19. The minimum atomic E-state index is -0.603. The van der Waals surface area contributed by atoms with Crippen molar-refractivity contribution in [1.82, 2.24) is 4.98 Å². The quantitative estimate of drug-likeness (QED) is 0.882. The van der Waals surface area contributed by atoms with Gasteiger partial charge in [0.05, 0.1) is 0 Å². The Morgan fingerprint density at radius 1 is 1.40 bits per heavy atom. The zero-order chi connectivity index (χ0) is 18.6. The summed E-state index contributed by atoms with van der Waals surface area (Å²) >= 11 is 1.23. The first-order chi connectivity index (χ1) is 11.6. The Kier molecular flexibility index (Phi) is 6.05. The largest absolute Gasteiger partial charge is 0.444 e. The fraction of sp³-hybridized carbons (Fsp3) is 0.529. The average Bonchev–Trinajstić information content (AvgIpc) is 2.84. The lowest BCUT2D eigenvalue weighted by Gasteiger charge is -2.20. The van der Waals surface area contributed by atoms with Crippen molar-refractivity contribution in [2.75, 3.05) is 22.5 Å². The molecule has 1 N–H and O–H groups in total. The maximum absolute atomic E-state index is 12.2. The van der Waals surface area contributed by atoms with Crippen LogP contribution in [0.3, 0.4) is 0 Å². The summed E-state index contributed by atoms with van der Waals surface area (Å²) in [5.41, 5.74) is -0.603. The highest BCUT2D eigenvalue weighted by Crippen LogP contribution is 2.27. The molecule has 8 heteroatoms. The molecule has 1 saturated heterocycles. The van der Waals surface area contributed by atoms with Crippen LogP contribution in [0.5, 0.6) is 0 Å². The molecule has 1 unspecified atom stereocenters. The van der Waals surface area contributed by atoms with Crippen LogP contribution in [0.15, 0.2) is 18.2 Å². The van der Waals surface area contributed by atoms with Gasteiger partial charge in [0.1, 0.15) is 17.2 Å². The lowest BCUT2D eigenvalue weighted by molar-refractivity contribution is -0.117. The molecule has 0 aliphatic carbocycles. The van der Waals surface area contributed by atoms with E-state index in [1.807, 2.05) is 0 Å². The van der Waals surface area contributed by atoms with E-state index in [4.69, 9.17) is 4.74 Å². The number of hydrogen-bond acceptors (Lipinski definition) is 6. The van der Waals surface area contributed by atoms with Crippen molar-refractivity contribution in [3.8, 4) is 0 Å². The molecule has 7 nitrogen and oxygen atoms in total. The number of ether oxygens (including phenoxy) is 1. The van der Waals surface area contributed by atoms with E-state index in [2.05, 4.69) is 10.3 Å². The number of hydrogen-bond donors (Lipinski definition) is 1. The monoisotopic (exact) mass is 365 g/mol. The molecule has 0 radical (unpaired) electrons. The van der Waals surface area contributed by atoms with Gasteiger partial charge < -0.3 is 4.74 Å². The summed E-state index contributed by atoms with van der Waals surface area (Å²) in [5, 5.41) is 2.62. The van der Waals surface area contributed by atoms with Crippen molar-refractivity contribution in [1.29, 1.82) is 0 Å². The Balaban J connectivity index is 2.02. The number of aromatic nitrogens is 1. The van der Waals surface area contributed by atoms with E-state index in [-0.39, 0.29) is 16.9 Å². The van der Waals surface area contributed by atoms with Gasteiger partial charge in [0.25, 0.3) is 0 Å². The number of carbonyl (C=O) groups excluding carboxylic acids is 3. The van der Waals surface area contributed by atoms with Crippen LogP contribution >= 0.6 is 11.8 Å². The third kappa shape index (κ3) is 6.04. The second-order valence-corrected chi connectivity index (χ2v) is 8.08. The number of nitrogens with one attached hydrogen (secondary N) is 1. The van der Waals surface area contributed by atoms with Gasteiger partial charge in [-0.1, -0.05) is 17.8 Å². The normalized spacial score (nSPS) is 17.5. The van der Waals surface area contributed by atoms with Crippen LogP contribution in [0.1, 0.15) is 34.1 Å². The number of pyridine rings is 1. The van der Waals surface area contributed by atoms with E-state index >= 15 is 0 Å². The minimum Gasteiger partial charge on any atom is -0.444 e. The van der Waals surface area contributed by atoms with Gasteiger partial charge in [-0.05, 0) is 38.8 Å². The predicted molar refractivity (Wildman–Crippen MR) is 97.7 cm³/mol. The van der Waals surface area contributed by atoms with Gasteiger partial charge in [-0.3, -0.25) is 19.8 Å². The molecule has 2 amide bonds. The lowest BCUT2D eigenvalue weighted by atomic mass is 10.1. The van der Waals surface area contributed by atoms with Crippen LogP contribution in [-0.4, -0.2) is 40.0 Å². The summed E-state index contributed by atoms with van der Waals surface area (Å²) in [5.74, 6) is 1.50. The molecule has 1 aromatic rings. The van der Waals surface area contributed by atoms with E-state index in [0.717, 1.165) is 0 Å². The van der Waals surface area contributed by atoms with Crippen LogP contribution in [-0.2, 0) is 14.3 Å². The highest BCUT2D eigenvalue weighted by Gasteiger charge is 2.31. The van der Waals surface area contributed by atoms with Crippen molar-refractivity contribution in [2.45, 2.75) is 39.7 Å². The molecular weight excluding hydrogens is 342 g/mol. The topological polar surface area (TPSA) is 88.6 Å². The molecule has 136 valence electrons. The molecule has 1 fully saturated rings. The highest BCUT2D eigenvalue weighted by atomic mass is 32.2. The number of anilines is 2. The Labute approximate surface area is 151 Å². The Morgan fingerprint density at radius 2 is 2.12 bits per heavy atom. The van der Waals surface area contributed by atoms with Crippen molar-refractivity contribution in [3.63, 3.8) is 0 Å². The van der Waals surface area contributed by atoms with Crippen molar-refractivity contribution in [2.24, 2.45) is 5.92 Å². The molecule has 1 atom stereocenters. The summed E-state index contributed by atoms with van der Waals surface area (Å²) in [6, 6.07) is 5.08. The number of thioether (sulfide) groups is 1. The molecule has 1 aliphatic heterocycles. The summed E-state index contributed by atoms with van der Waals surface area (Å²) in [7, 11) is 0. The van der Waals surface area contributed by atoms with Gasteiger partial charge in [-0.25, -0.2) is 9.78 Å². The number of amides is 2. The second-order valence-electron chi connectivity index (χ2n) is 6.88. The van der Waals surface area contributed by atoms with Crippen molar-refractivity contribution >= 4 is 40.5 Å². The third-order valence-corrected chi connectivity index (χ3v) is 4.41. The third-order valence-electron chi connectivity index (χ3n) is 3.37. The number of nitrogens with zero attached hydrogens (tertiary/aromatic N) is 2. The first-order valence-electron chi connectivity index (χ1n) is 8.05. The van der Waals surface area contributed by atoms with Gasteiger partial charge >= 0.3 is 6.09 Å². The lowest BCUT2D eigenvalue weighted by Crippen LogP contribution is -2.28. The van der Waals surface area contributed by atoms with E-state index in [9.17, 15) is 14.4 Å². The van der Waals surface area contributed by atoms with Gasteiger partial charge in [-0.2, -0.15) is 0 Å². The van der Waals surface area contributed by atoms with Crippen LogP contribution in [0.4, 0.5) is 16.4 Å². The van der Waals surface area contributed by atoms with E-state index in [1.54, 1.807) is 43.9 Å². The summed E-state index contributed by atoms with van der Waals surface area (Å²) in [6.07, 6.45) is -0.202. The molecule has 0 aromatic carbocycles. The fourth-order valence-corrected chi connectivity index (χ4v) is 3.09.